The molecule has 3 rings (SSSR count). The molecule has 0 saturated carbocycles. The first-order chi connectivity index (χ1) is 8.34. The second-order valence-corrected chi connectivity index (χ2v) is 4.14. The van der Waals surface area contributed by atoms with Gasteiger partial charge in [0.05, 0.1) is 10.5 Å². The lowest BCUT2D eigenvalue weighted by atomic mass is 10.2. The van der Waals surface area contributed by atoms with Gasteiger partial charge >= 0.3 is 0 Å². The van der Waals surface area contributed by atoms with Gasteiger partial charge in [-0.1, -0.05) is 41.9 Å². The highest BCUT2D eigenvalue weighted by Crippen LogP contribution is 2.25. The summed E-state index contributed by atoms with van der Waals surface area (Å²) in [6.45, 7) is 0. The summed E-state index contributed by atoms with van der Waals surface area (Å²) >= 11 is 6.13. The van der Waals surface area contributed by atoms with Gasteiger partial charge in [-0.2, -0.15) is 0 Å². The maximum atomic E-state index is 6.13. The number of fused-ring (bicyclic) bond motifs is 1. The Kier molecular flexibility index (Phi) is 2.50. The highest BCUT2D eigenvalue weighted by molar-refractivity contribution is 6.33. The van der Waals surface area contributed by atoms with E-state index in [-0.39, 0.29) is 0 Å². The van der Waals surface area contributed by atoms with Gasteiger partial charge in [0.2, 0.25) is 0 Å². The van der Waals surface area contributed by atoms with Gasteiger partial charge < -0.3 is 0 Å². The minimum atomic E-state index is 0.661. The highest BCUT2D eigenvalue weighted by Gasteiger charge is 2.06. The topological polar surface area (TPSA) is 25.8 Å². The Morgan fingerprint density at radius 3 is 2.53 bits per heavy atom. The number of aromatic nitrogens is 2. The summed E-state index contributed by atoms with van der Waals surface area (Å²) in [6.07, 6.45) is 1.82. The summed E-state index contributed by atoms with van der Waals surface area (Å²) in [7, 11) is 0. The third-order valence-corrected chi connectivity index (χ3v) is 2.93. The van der Waals surface area contributed by atoms with E-state index in [4.69, 9.17) is 11.6 Å². The maximum absolute atomic E-state index is 6.13. The Labute approximate surface area is 104 Å². The first-order valence-electron chi connectivity index (χ1n) is 5.31. The molecule has 0 atom stereocenters. The van der Waals surface area contributed by atoms with E-state index in [9.17, 15) is 0 Å². The highest BCUT2D eigenvalue weighted by atomic mass is 35.5. The normalized spacial score (nSPS) is 10.6. The van der Waals surface area contributed by atoms with Crippen molar-refractivity contribution in [2.75, 3.05) is 0 Å². The molecule has 0 bridgehead atoms. The number of nitrogens with zero attached hydrogens (tertiary/aromatic N) is 2. The van der Waals surface area contributed by atoms with Crippen molar-refractivity contribution in [1.29, 1.82) is 0 Å². The Morgan fingerprint density at radius 1 is 0.882 bits per heavy atom. The van der Waals surface area contributed by atoms with E-state index >= 15 is 0 Å². The van der Waals surface area contributed by atoms with E-state index < -0.39 is 0 Å². The van der Waals surface area contributed by atoms with Gasteiger partial charge in [0.1, 0.15) is 0 Å². The molecule has 82 valence electrons. The molecule has 0 N–H and O–H groups in total. The van der Waals surface area contributed by atoms with Crippen molar-refractivity contribution in [2.45, 2.75) is 0 Å². The number of rotatable bonds is 1. The van der Waals surface area contributed by atoms with Crippen LogP contribution in [0.4, 0.5) is 0 Å². The van der Waals surface area contributed by atoms with Crippen LogP contribution in [0.3, 0.4) is 0 Å². The molecule has 0 fully saturated rings. The van der Waals surface area contributed by atoms with Crippen molar-refractivity contribution in [2.24, 2.45) is 0 Å². The fourth-order valence-electron chi connectivity index (χ4n) is 1.74. The molecule has 1 heterocycles. The molecule has 17 heavy (non-hydrogen) atoms. The minimum Gasteiger partial charge on any atom is -0.236 e. The SMILES string of the molecule is Clc1ccccc1-c1ncc2ccccc2n1. The zero-order chi connectivity index (χ0) is 11.7. The molecule has 0 unspecified atom stereocenters. The molecule has 0 saturated heterocycles. The van der Waals surface area contributed by atoms with Crippen LogP contribution in [0.1, 0.15) is 0 Å². The average molecular weight is 241 g/mol. The van der Waals surface area contributed by atoms with Crippen LogP contribution in [0.2, 0.25) is 5.02 Å². The molecule has 0 aliphatic carbocycles. The van der Waals surface area contributed by atoms with Crippen LogP contribution >= 0.6 is 11.6 Å². The van der Waals surface area contributed by atoms with Crippen LogP contribution in [0.5, 0.6) is 0 Å². The number of hydrogen-bond acceptors (Lipinski definition) is 2. The van der Waals surface area contributed by atoms with Gasteiger partial charge in [-0.3, -0.25) is 0 Å². The lowest BCUT2D eigenvalue weighted by molar-refractivity contribution is 1.23. The maximum Gasteiger partial charge on any atom is 0.161 e. The molecule has 0 amide bonds. The predicted octanol–water partition coefficient (Wildman–Crippen LogP) is 3.95. The van der Waals surface area contributed by atoms with Crippen molar-refractivity contribution in [3.63, 3.8) is 0 Å². The fourth-order valence-corrected chi connectivity index (χ4v) is 1.96. The third-order valence-electron chi connectivity index (χ3n) is 2.60. The molecule has 2 nitrogen and oxygen atoms in total. The Bertz CT molecular complexity index is 680. The van der Waals surface area contributed by atoms with Crippen LogP contribution in [0, 0.1) is 0 Å². The van der Waals surface area contributed by atoms with E-state index in [1.807, 2.05) is 54.7 Å². The van der Waals surface area contributed by atoms with Crippen molar-refractivity contribution >= 4 is 22.5 Å². The second kappa shape index (κ2) is 4.15. The number of para-hydroxylation sites is 1. The zero-order valence-electron chi connectivity index (χ0n) is 8.97. The Balaban J connectivity index is 2.22. The summed E-state index contributed by atoms with van der Waals surface area (Å²) in [6, 6.07) is 15.5. The van der Waals surface area contributed by atoms with E-state index in [2.05, 4.69) is 9.97 Å². The Morgan fingerprint density at radius 2 is 1.65 bits per heavy atom. The van der Waals surface area contributed by atoms with Gasteiger partial charge in [-0.15, -0.1) is 0 Å². The van der Waals surface area contributed by atoms with Gasteiger partial charge in [-0.05, 0) is 18.2 Å². The molecule has 3 aromatic rings. The lowest BCUT2D eigenvalue weighted by Crippen LogP contribution is -1.90. The number of benzene rings is 2. The van der Waals surface area contributed by atoms with E-state index in [0.717, 1.165) is 16.5 Å². The molecule has 1 aromatic heterocycles. The minimum absolute atomic E-state index is 0.661. The Hall–Kier alpha value is -1.93. The largest absolute Gasteiger partial charge is 0.236 e. The van der Waals surface area contributed by atoms with Crippen LogP contribution in [-0.4, -0.2) is 9.97 Å². The van der Waals surface area contributed by atoms with Crippen molar-refractivity contribution in [3.8, 4) is 11.4 Å². The van der Waals surface area contributed by atoms with E-state index in [1.54, 1.807) is 0 Å². The van der Waals surface area contributed by atoms with Crippen molar-refractivity contribution in [3.05, 3.63) is 59.8 Å². The summed E-state index contributed by atoms with van der Waals surface area (Å²) in [5.74, 6) is 0.661. The summed E-state index contributed by atoms with van der Waals surface area (Å²) < 4.78 is 0. The molecule has 0 aliphatic rings. The number of halogens is 1. The fraction of sp³-hybridized carbons (Fsp3) is 0. The van der Waals surface area contributed by atoms with Gasteiger partial charge in [0.25, 0.3) is 0 Å². The van der Waals surface area contributed by atoms with E-state index in [1.165, 1.54) is 0 Å². The molecule has 0 aliphatic heterocycles. The number of hydrogen-bond donors (Lipinski definition) is 0. The molecular formula is C14H9ClN2. The van der Waals surface area contributed by atoms with Crippen LogP contribution in [0.15, 0.2) is 54.7 Å². The van der Waals surface area contributed by atoms with Gasteiger partial charge in [-0.25, -0.2) is 9.97 Å². The van der Waals surface area contributed by atoms with Crippen molar-refractivity contribution in [1.82, 2.24) is 9.97 Å². The van der Waals surface area contributed by atoms with Crippen LogP contribution in [-0.2, 0) is 0 Å². The summed E-state index contributed by atoms with van der Waals surface area (Å²) in [4.78, 5) is 8.85. The van der Waals surface area contributed by atoms with E-state index in [0.29, 0.717) is 10.8 Å². The van der Waals surface area contributed by atoms with Crippen molar-refractivity contribution < 1.29 is 0 Å². The molecule has 0 radical (unpaired) electrons. The van der Waals surface area contributed by atoms with Gasteiger partial charge in [0, 0.05) is 17.1 Å². The summed E-state index contributed by atoms with van der Waals surface area (Å²) in [5.41, 5.74) is 1.79. The predicted molar refractivity (Wildman–Crippen MR) is 70.0 cm³/mol. The average Bonchev–Trinajstić information content (AvgIpc) is 2.39. The smallest absolute Gasteiger partial charge is 0.161 e. The lowest BCUT2D eigenvalue weighted by Gasteiger charge is -2.03. The standard InChI is InChI=1S/C14H9ClN2/c15-12-7-3-2-6-11(12)14-16-9-10-5-1-4-8-13(10)17-14/h1-9H. The third kappa shape index (κ3) is 1.87. The summed E-state index contributed by atoms with van der Waals surface area (Å²) in [5, 5.41) is 1.70. The molecule has 2 aromatic carbocycles. The van der Waals surface area contributed by atoms with Crippen LogP contribution < -0.4 is 0 Å². The molecule has 3 heteroatoms. The quantitative estimate of drug-likeness (QED) is 0.644. The molecule has 0 spiro atoms. The monoisotopic (exact) mass is 240 g/mol. The first-order valence-corrected chi connectivity index (χ1v) is 5.69. The zero-order valence-corrected chi connectivity index (χ0v) is 9.72. The second-order valence-electron chi connectivity index (χ2n) is 3.73. The van der Waals surface area contributed by atoms with Gasteiger partial charge in [0.15, 0.2) is 5.82 Å². The van der Waals surface area contributed by atoms with Crippen LogP contribution in [0.25, 0.3) is 22.3 Å². The molecular weight excluding hydrogens is 232 g/mol. The first kappa shape index (κ1) is 10.2.